The van der Waals surface area contributed by atoms with Crippen LogP contribution in [-0.4, -0.2) is 36.3 Å². The third kappa shape index (κ3) is 5.97. The van der Waals surface area contributed by atoms with Gasteiger partial charge in [0.05, 0.1) is 12.7 Å². The van der Waals surface area contributed by atoms with Crippen molar-refractivity contribution in [2.24, 2.45) is 5.92 Å². The fraction of sp³-hybridized carbons (Fsp3) is 0.259. The van der Waals surface area contributed by atoms with E-state index in [0.29, 0.717) is 37.7 Å². The molecule has 0 saturated carbocycles. The molecule has 2 aromatic carbocycles. The summed E-state index contributed by atoms with van der Waals surface area (Å²) in [6, 6.07) is 22.0. The van der Waals surface area contributed by atoms with Crippen LogP contribution in [0.3, 0.4) is 0 Å². The first-order valence-corrected chi connectivity index (χ1v) is 11.1. The molecule has 0 spiro atoms. The van der Waals surface area contributed by atoms with Crippen molar-refractivity contribution in [3.63, 3.8) is 0 Å². The largest absolute Gasteiger partial charge is 0.465 e. The molecule has 5 heteroatoms. The van der Waals surface area contributed by atoms with Crippen LogP contribution in [0.5, 0.6) is 0 Å². The molecule has 1 fully saturated rings. The highest BCUT2D eigenvalue weighted by atomic mass is 16.3. The fourth-order valence-corrected chi connectivity index (χ4v) is 3.95. The number of nitrogens with zero attached hydrogens (tertiary/aromatic N) is 1. The normalized spacial score (nSPS) is 14.6. The number of rotatable bonds is 7. The molecule has 5 nitrogen and oxygen atoms in total. The Labute approximate surface area is 188 Å². The number of likely N-dealkylation sites (tertiary alicyclic amines) is 1. The number of carbonyl (C=O) groups excluding carboxylic acids is 2. The molecule has 0 aliphatic carbocycles. The van der Waals surface area contributed by atoms with Gasteiger partial charge in [0.1, 0.15) is 5.76 Å². The van der Waals surface area contributed by atoms with Crippen LogP contribution in [0, 0.1) is 5.92 Å². The first-order valence-electron chi connectivity index (χ1n) is 11.1. The monoisotopic (exact) mass is 428 g/mol. The van der Waals surface area contributed by atoms with Crippen LogP contribution in [0.1, 0.15) is 24.2 Å². The number of piperidine rings is 1. The molecule has 1 aromatic heterocycles. The van der Waals surface area contributed by atoms with Crippen molar-refractivity contribution < 1.29 is 14.0 Å². The van der Waals surface area contributed by atoms with Crippen molar-refractivity contribution in [2.75, 3.05) is 19.6 Å². The lowest BCUT2D eigenvalue weighted by Crippen LogP contribution is -2.41. The summed E-state index contributed by atoms with van der Waals surface area (Å²) >= 11 is 0. The van der Waals surface area contributed by atoms with Crippen LogP contribution in [0.25, 0.3) is 17.2 Å². The summed E-state index contributed by atoms with van der Waals surface area (Å²) in [7, 11) is 0. The van der Waals surface area contributed by atoms with Crippen molar-refractivity contribution >= 4 is 17.9 Å². The number of carbonyl (C=O) groups is 2. The molecule has 1 aliphatic rings. The average Bonchev–Trinajstić information content (AvgIpc) is 3.36. The predicted molar refractivity (Wildman–Crippen MR) is 126 cm³/mol. The molecule has 2 amide bonds. The van der Waals surface area contributed by atoms with Gasteiger partial charge in [-0.15, -0.1) is 0 Å². The maximum Gasteiger partial charge on any atom is 0.246 e. The van der Waals surface area contributed by atoms with Gasteiger partial charge in [0.2, 0.25) is 11.8 Å². The van der Waals surface area contributed by atoms with Gasteiger partial charge in [0.15, 0.2) is 0 Å². The third-order valence-electron chi connectivity index (χ3n) is 5.87. The van der Waals surface area contributed by atoms with Gasteiger partial charge >= 0.3 is 0 Å². The Balaban J connectivity index is 1.18. The number of furan rings is 1. The molecule has 1 saturated heterocycles. The SMILES string of the molecule is O=C(Cc1ccc(-c2ccccc2)cc1)NCC1CCN(C(=O)/C=C/c2ccco2)CC1. The Kier molecular flexibility index (Phi) is 7.18. The molecular weight excluding hydrogens is 400 g/mol. The second-order valence-corrected chi connectivity index (χ2v) is 8.16. The van der Waals surface area contributed by atoms with Crippen LogP contribution >= 0.6 is 0 Å². The summed E-state index contributed by atoms with van der Waals surface area (Å²) in [6.45, 7) is 2.08. The summed E-state index contributed by atoms with van der Waals surface area (Å²) in [5, 5.41) is 3.07. The first kappa shape index (κ1) is 21.6. The van der Waals surface area contributed by atoms with Gasteiger partial charge in [0.25, 0.3) is 0 Å². The second kappa shape index (κ2) is 10.6. The second-order valence-electron chi connectivity index (χ2n) is 8.16. The van der Waals surface area contributed by atoms with Gasteiger partial charge in [-0.25, -0.2) is 0 Å². The quantitative estimate of drug-likeness (QED) is 0.561. The minimum atomic E-state index is 0.00263. The minimum Gasteiger partial charge on any atom is -0.465 e. The zero-order chi connectivity index (χ0) is 22.2. The zero-order valence-electron chi connectivity index (χ0n) is 18.1. The van der Waals surface area contributed by atoms with E-state index in [4.69, 9.17) is 4.42 Å². The topological polar surface area (TPSA) is 62.6 Å². The van der Waals surface area contributed by atoms with Gasteiger partial charge in [-0.2, -0.15) is 0 Å². The van der Waals surface area contributed by atoms with Crippen LogP contribution in [0.4, 0.5) is 0 Å². The standard InChI is InChI=1S/C27H28N2O3/c30-26(19-21-8-10-24(11-9-21)23-5-2-1-3-6-23)28-20-22-14-16-29(17-15-22)27(31)13-12-25-7-4-18-32-25/h1-13,18,22H,14-17,19-20H2,(H,28,30)/b13-12+. The average molecular weight is 429 g/mol. The molecule has 1 N–H and O–H groups in total. The Morgan fingerprint density at radius 2 is 1.66 bits per heavy atom. The van der Waals surface area contributed by atoms with Gasteiger partial charge in [-0.1, -0.05) is 54.6 Å². The lowest BCUT2D eigenvalue weighted by molar-refractivity contribution is -0.127. The Morgan fingerprint density at radius 3 is 2.34 bits per heavy atom. The Bertz CT molecular complexity index is 1030. The van der Waals surface area contributed by atoms with Crippen LogP contribution in [-0.2, 0) is 16.0 Å². The van der Waals surface area contributed by atoms with E-state index >= 15 is 0 Å². The summed E-state index contributed by atoms with van der Waals surface area (Å²) in [5.41, 5.74) is 3.32. The third-order valence-corrected chi connectivity index (χ3v) is 5.87. The smallest absolute Gasteiger partial charge is 0.246 e. The molecule has 32 heavy (non-hydrogen) atoms. The van der Waals surface area contributed by atoms with Crippen LogP contribution in [0.2, 0.25) is 0 Å². The number of nitrogens with one attached hydrogen (secondary N) is 1. The number of hydrogen-bond acceptors (Lipinski definition) is 3. The maximum atomic E-state index is 12.4. The number of amides is 2. The molecule has 4 rings (SSSR count). The molecule has 0 atom stereocenters. The van der Waals surface area contributed by atoms with E-state index < -0.39 is 0 Å². The van der Waals surface area contributed by atoms with Gasteiger partial charge < -0.3 is 14.6 Å². The highest BCUT2D eigenvalue weighted by molar-refractivity contribution is 5.91. The summed E-state index contributed by atoms with van der Waals surface area (Å²) < 4.78 is 5.21. The molecule has 0 bridgehead atoms. The summed E-state index contributed by atoms with van der Waals surface area (Å²) in [6.07, 6.45) is 7.01. The Hall–Kier alpha value is -3.60. The fourth-order valence-electron chi connectivity index (χ4n) is 3.95. The van der Waals surface area contributed by atoms with Crippen molar-refractivity contribution in [2.45, 2.75) is 19.3 Å². The summed E-state index contributed by atoms with van der Waals surface area (Å²) in [4.78, 5) is 26.6. The zero-order valence-corrected chi connectivity index (χ0v) is 18.1. The minimum absolute atomic E-state index is 0.00263. The highest BCUT2D eigenvalue weighted by Crippen LogP contribution is 2.20. The van der Waals surface area contributed by atoms with Gasteiger partial charge in [-0.05, 0) is 53.7 Å². The van der Waals surface area contributed by atoms with E-state index in [0.717, 1.165) is 24.0 Å². The van der Waals surface area contributed by atoms with E-state index in [2.05, 4.69) is 29.6 Å². The maximum absolute atomic E-state index is 12.4. The first-order chi connectivity index (χ1) is 15.7. The number of hydrogen-bond donors (Lipinski definition) is 1. The molecule has 2 heterocycles. The van der Waals surface area contributed by atoms with Crippen molar-refractivity contribution in [1.29, 1.82) is 0 Å². The Morgan fingerprint density at radius 1 is 0.938 bits per heavy atom. The molecule has 3 aromatic rings. The van der Waals surface area contributed by atoms with Crippen molar-refractivity contribution in [1.82, 2.24) is 10.2 Å². The van der Waals surface area contributed by atoms with Gasteiger partial charge in [-0.3, -0.25) is 9.59 Å². The van der Waals surface area contributed by atoms with E-state index in [-0.39, 0.29) is 11.8 Å². The highest BCUT2D eigenvalue weighted by Gasteiger charge is 2.22. The molecular formula is C27H28N2O3. The van der Waals surface area contributed by atoms with Gasteiger partial charge in [0, 0.05) is 25.7 Å². The predicted octanol–water partition coefficient (Wildman–Crippen LogP) is 4.56. The molecule has 0 radical (unpaired) electrons. The van der Waals surface area contributed by atoms with Crippen LogP contribution < -0.4 is 5.32 Å². The van der Waals surface area contributed by atoms with E-state index in [1.807, 2.05) is 41.3 Å². The van der Waals surface area contributed by atoms with Crippen molar-refractivity contribution in [3.8, 4) is 11.1 Å². The lowest BCUT2D eigenvalue weighted by Gasteiger charge is -2.31. The summed E-state index contributed by atoms with van der Waals surface area (Å²) in [5.74, 6) is 1.11. The molecule has 1 aliphatic heterocycles. The molecule has 0 unspecified atom stereocenters. The van der Waals surface area contributed by atoms with E-state index in [1.54, 1.807) is 24.5 Å². The number of benzene rings is 2. The van der Waals surface area contributed by atoms with E-state index in [1.165, 1.54) is 5.56 Å². The van der Waals surface area contributed by atoms with Crippen LogP contribution in [0.15, 0.2) is 83.5 Å². The lowest BCUT2D eigenvalue weighted by atomic mass is 9.96. The van der Waals surface area contributed by atoms with Crippen molar-refractivity contribution in [3.05, 3.63) is 90.4 Å². The van der Waals surface area contributed by atoms with E-state index in [9.17, 15) is 9.59 Å². The molecule has 164 valence electrons.